The van der Waals surface area contributed by atoms with Gasteiger partial charge in [-0.15, -0.1) is 0 Å². The molecule has 0 aliphatic carbocycles. The Kier molecular flexibility index (Phi) is 3.00. The second-order valence-electron chi connectivity index (χ2n) is 4.77. The number of piperazine rings is 1. The van der Waals surface area contributed by atoms with Crippen molar-refractivity contribution in [3.05, 3.63) is 36.0 Å². The maximum absolute atomic E-state index is 13.8. The molecule has 1 N–H and O–H groups in total. The number of halogens is 2. The molecular weight excluding hydrogens is 264 g/mol. The van der Waals surface area contributed by atoms with Crippen LogP contribution in [0.4, 0.5) is 14.5 Å². The van der Waals surface area contributed by atoms with Crippen LogP contribution >= 0.6 is 0 Å². The molecule has 0 saturated carbocycles. The van der Waals surface area contributed by atoms with Crippen molar-refractivity contribution in [2.24, 2.45) is 0 Å². The Morgan fingerprint density at radius 2 is 2.20 bits per heavy atom. The molecule has 1 amide bonds. The Balaban J connectivity index is 2.18. The molecule has 1 unspecified atom stereocenters. The number of hydrogen-bond acceptors (Lipinski definition) is 3. The van der Waals surface area contributed by atoms with Crippen molar-refractivity contribution in [1.82, 2.24) is 10.3 Å². The van der Waals surface area contributed by atoms with Gasteiger partial charge in [-0.25, -0.2) is 8.78 Å². The molecule has 2 aromatic rings. The zero-order valence-corrected chi connectivity index (χ0v) is 10.9. The highest BCUT2D eigenvalue weighted by Crippen LogP contribution is 2.29. The monoisotopic (exact) mass is 277 g/mol. The maximum atomic E-state index is 13.8. The summed E-state index contributed by atoms with van der Waals surface area (Å²) in [6, 6.07) is 3.35. The number of rotatable bonds is 1. The zero-order chi connectivity index (χ0) is 14.3. The molecular formula is C14H13F2N3O. The van der Waals surface area contributed by atoms with Gasteiger partial charge in [0.05, 0.1) is 0 Å². The predicted molar refractivity (Wildman–Crippen MR) is 71.5 cm³/mol. The first-order valence-corrected chi connectivity index (χ1v) is 6.36. The quantitative estimate of drug-likeness (QED) is 0.865. The van der Waals surface area contributed by atoms with E-state index in [-0.39, 0.29) is 17.5 Å². The molecule has 1 saturated heterocycles. The molecule has 1 fully saturated rings. The van der Waals surface area contributed by atoms with E-state index in [2.05, 4.69) is 10.3 Å². The molecule has 6 heteroatoms. The molecule has 1 atom stereocenters. The molecule has 0 spiro atoms. The highest BCUT2D eigenvalue weighted by atomic mass is 19.1. The summed E-state index contributed by atoms with van der Waals surface area (Å²) < 4.78 is 27.2. The largest absolute Gasteiger partial charge is 0.357 e. The summed E-state index contributed by atoms with van der Waals surface area (Å²) in [6.07, 6.45) is 1.47. The third-order valence-electron chi connectivity index (χ3n) is 3.55. The smallest absolute Gasteiger partial charge is 0.242 e. The van der Waals surface area contributed by atoms with Gasteiger partial charge in [-0.1, -0.05) is 0 Å². The van der Waals surface area contributed by atoms with Crippen LogP contribution in [0.2, 0.25) is 0 Å². The van der Waals surface area contributed by atoms with Crippen molar-refractivity contribution in [3.8, 4) is 0 Å². The first-order valence-electron chi connectivity index (χ1n) is 6.36. The molecule has 104 valence electrons. The molecule has 20 heavy (non-hydrogen) atoms. The van der Waals surface area contributed by atoms with Crippen LogP contribution in [-0.2, 0) is 4.79 Å². The minimum absolute atomic E-state index is 0.0990. The van der Waals surface area contributed by atoms with Gasteiger partial charge in [0.15, 0.2) is 5.82 Å². The van der Waals surface area contributed by atoms with E-state index in [0.29, 0.717) is 24.2 Å². The predicted octanol–water partition coefficient (Wildman–Crippen LogP) is 1.84. The summed E-state index contributed by atoms with van der Waals surface area (Å²) in [6.45, 7) is 2.85. The fraction of sp³-hybridized carbons (Fsp3) is 0.286. The second-order valence-corrected chi connectivity index (χ2v) is 4.77. The van der Waals surface area contributed by atoms with E-state index < -0.39 is 11.6 Å². The van der Waals surface area contributed by atoms with Crippen LogP contribution in [0.5, 0.6) is 0 Å². The average molecular weight is 277 g/mol. The number of carbonyl (C=O) groups excluding carboxylic acids is 1. The van der Waals surface area contributed by atoms with Gasteiger partial charge in [0.1, 0.15) is 17.4 Å². The van der Waals surface area contributed by atoms with E-state index >= 15 is 0 Å². The molecule has 1 aromatic carbocycles. The summed E-state index contributed by atoms with van der Waals surface area (Å²) >= 11 is 0. The highest BCUT2D eigenvalue weighted by Gasteiger charge is 2.27. The average Bonchev–Trinajstić information content (AvgIpc) is 2.41. The van der Waals surface area contributed by atoms with Crippen LogP contribution in [0.15, 0.2) is 24.4 Å². The molecule has 1 aliphatic heterocycles. The lowest BCUT2D eigenvalue weighted by molar-refractivity contribution is -0.122. The van der Waals surface area contributed by atoms with Crippen LogP contribution in [0.1, 0.15) is 6.92 Å². The Labute approximate surface area is 114 Å². The number of carbonyl (C=O) groups is 1. The molecule has 0 bridgehead atoms. The van der Waals surface area contributed by atoms with Gasteiger partial charge in [-0.2, -0.15) is 0 Å². The van der Waals surface area contributed by atoms with Gasteiger partial charge in [-0.3, -0.25) is 9.78 Å². The van der Waals surface area contributed by atoms with Crippen LogP contribution in [-0.4, -0.2) is 30.0 Å². The highest BCUT2D eigenvalue weighted by molar-refractivity contribution is 5.95. The number of benzene rings is 1. The lowest BCUT2D eigenvalue weighted by Crippen LogP contribution is -2.54. The van der Waals surface area contributed by atoms with Gasteiger partial charge in [0.2, 0.25) is 5.91 Å². The van der Waals surface area contributed by atoms with Gasteiger partial charge >= 0.3 is 0 Å². The van der Waals surface area contributed by atoms with Crippen LogP contribution in [0.3, 0.4) is 0 Å². The van der Waals surface area contributed by atoms with Gasteiger partial charge < -0.3 is 10.2 Å². The van der Waals surface area contributed by atoms with Crippen LogP contribution < -0.4 is 10.2 Å². The number of pyridine rings is 1. The number of hydrogen-bond donors (Lipinski definition) is 1. The van der Waals surface area contributed by atoms with E-state index in [0.717, 1.165) is 6.07 Å². The first kappa shape index (κ1) is 12.8. The fourth-order valence-corrected chi connectivity index (χ4v) is 2.53. The standard InChI is InChI=1S/C14H13F2N3O/c1-8-14(20)18-4-5-19(8)12-2-3-17-13-10(12)6-9(15)7-11(13)16/h2-3,6-8H,4-5H2,1H3,(H,18,20). The van der Waals surface area contributed by atoms with E-state index in [4.69, 9.17) is 0 Å². The molecule has 3 rings (SSSR count). The number of amides is 1. The number of nitrogens with one attached hydrogen (secondary N) is 1. The molecule has 1 aliphatic rings. The van der Waals surface area contributed by atoms with Crippen molar-refractivity contribution in [2.75, 3.05) is 18.0 Å². The lowest BCUT2D eigenvalue weighted by atomic mass is 10.1. The molecule has 0 radical (unpaired) electrons. The third kappa shape index (κ3) is 1.97. The number of aromatic nitrogens is 1. The van der Waals surface area contributed by atoms with Crippen LogP contribution in [0.25, 0.3) is 10.9 Å². The summed E-state index contributed by atoms with van der Waals surface area (Å²) in [5.74, 6) is -1.45. The number of nitrogens with zero attached hydrogens (tertiary/aromatic N) is 2. The molecule has 4 nitrogen and oxygen atoms in total. The van der Waals surface area contributed by atoms with E-state index in [9.17, 15) is 13.6 Å². The van der Waals surface area contributed by atoms with Gasteiger partial charge in [0, 0.05) is 36.4 Å². The van der Waals surface area contributed by atoms with E-state index in [1.54, 1.807) is 13.0 Å². The SMILES string of the molecule is CC1C(=O)NCCN1c1ccnc2c(F)cc(F)cc12. The zero-order valence-electron chi connectivity index (χ0n) is 10.9. The van der Waals surface area contributed by atoms with Crippen molar-refractivity contribution in [1.29, 1.82) is 0 Å². The number of anilines is 1. The fourth-order valence-electron chi connectivity index (χ4n) is 2.53. The lowest BCUT2D eigenvalue weighted by Gasteiger charge is -2.35. The summed E-state index contributed by atoms with van der Waals surface area (Å²) in [5, 5.41) is 3.14. The first-order chi connectivity index (χ1) is 9.58. The van der Waals surface area contributed by atoms with Crippen molar-refractivity contribution < 1.29 is 13.6 Å². The third-order valence-corrected chi connectivity index (χ3v) is 3.55. The van der Waals surface area contributed by atoms with Gasteiger partial charge in [0.25, 0.3) is 0 Å². The van der Waals surface area contributed by atoms with Crippen molar-refractivity contribution in [2.45, 2.75) is 13.0 Å². The van der Waals surface area contributed by atoms with Crippen molar-refractivity contribution in [3.63, 3.8) is 0 Å². The Morgan fingerprint density at radius 3 is 3.00 bits per heavy atom. The van der Waals surface area contributed by atoms with E-state index in [1.807, 2.05) is 4.90 Å². The summed E-state index contributed by atoms with van der Waals surface area (Å²) in [7, 11) is 0. The second kappa shape index (κ2) is 4.70. The molecule has 2 heterocycles. The maximum Gasteiger partial charge on any atom is 0.242 e. The van der Waals surface area contributed by atoms with Crippen LogP contribution in [0, 0.1) is 11.6 Å². The van der Waals surface area contributed by atoms with Gasteiger partial charge in [-0.05, 0) is 19.1 Å². The Bertz CT molecular complexity index is 689. The van der Waals surface area contributed by atoms with E-state index in [1.165, 1.54) is 12.3 Å². The Morgan fingerprint density at radius 1 is 1.40 bits per heavy atom. The number of fused-ring (bicyclic) bond motifs is 1. The summed E-state index contributed by atoms with van der Waals surface area (Å²) in [5.41, 5.74) is 0.734. The topological polar surface area (TPSA) is 45.2 Å². The summed E-state index contributed by atoms with van der Waals surface area (Å²) in [4.78, 5) is 17.5. The minimum atomic E-state index is -0.698. The Hall–Kier alpha value is -2.24. The van der Waals surface area contributed by atoms with Crippen molar-refractivity contribution >= 4 is 22.5 Å². The normalized spacial score (nSPS) is 19.2. The minimum Gasteiger partial charge on any atom is -0.357 e. The molecule has 1 aromatic heterocycles.